The molecule has 19 heavy (non-hydrogen) atoms. The molecule has 0 amide bonds. The fourth-order valence-electron chi connectivity index (χ4n) is 2.74. The number of benzene rings is 1. The fraction of sp³-hybridized carbons (Fsp3) is 0.571. The number of hydrogen-bond donors (Lipinski definition) is 1. The van der Waals surface area contributed by atoms with Crippen molar-refractivity contribution >= 4 is 11.6 Å². The predicted octanol–water partition coefficient (Wildman–Crippen LogP) is 2.11. The van der Waals surface area contributed by atoms with E-state index in [0.29, 0.717) is 17.6 Å². The third-order valence-corrected chi connectivity index (χ3v) is 4.08. The van der Waals surface area contributed by atoms with Crippen LogP contribution in [0.25, 0.3) is 0 Å². The second-order valence-electron chi connectivity index (χ2n) is 5.36. The third kappa shape index (κ3) is 3.45. The Hall–Kier alpha value is -0.680. The van der Waals surface area contributed by atoms with Crippen molar-refractivity contribution < 1.29 is 4.39 Å². The standard InChI is InChI=1S/C14H21ClFN3/c1-18(2)13-3-4-19(9-13)14(8-17)10-5-11(15)7-12(16)6-10/h5-7,13-14H,3-4,8-9,17H2,1-2H3. The minimum absolute atomic E-state index is 0.0400. The number of nitrogens with zero attached hydrogens (tertiary/aromatic N) is 2. The average Bonchev–Trinajstić information content (AvgIpc) is 2.78. The largest absolute Gasteiger partial charge is 0.329 e. The zero-order valence-electron chi connectivity index (χ0n) is 11.4. The summed E-state index contributed by atoms with van der Waals surface area (Å²) in [6.07, 6.45) is 1.12. The Bertz CT molecular complexity index is 418. The number of likely N-dealkylation sites (N-methyl/N-ethyl adjacent to an activating group) is 1. The Morgan fingerprint density at radius 2 is 2.21 bits per heavy atom. The average molecular weight is 286 g/mol. The molecule has 2 atom stereocenters. The molecule has 0 saturated carbocycles. The van der Waals surface area contributed by atoms with Gasteiger partial charge in [0, 0.05) is 36.7 Å². The quantitative estimate of drug-likeness (QED) is 0.920. The van der Waals surface area contributed by atoms with Gasteiger partial charge in [0.25, 0.3) is 0 Å². The fourth-order valence-corrected chi connectivity index (χ4v) is 2.97. The number of likely N-dealkylation sites (tertiary alicyclic amines) is 1. The van der Waals surface area contributed by atoms with E-state index in [9.17, 15) is 4.39 Å². The SMILES string of the molecule is CN(C)C1CCN(C(CN)c2cc(F)cc(Cl)c2)C1. The molecule has 1 aromatic carbocycles. The van der Waals surface area contributed by atoms with Crippen molar-refractivity contribution in [3.05, 3.63) is 34.6 Å². The minimum Gasteiger partial charge on any atom is -0.329 e. The lowest BCUT2D eigenvalue weighted by Crippen LogP contribution is -2.36. The molecule has 2 unspecified atom stereocenters. The van der Waals surface area contributed by atoms with Crippen LogP contribution in [-0.2, 0) is 0 Å². The molecule has 0 aromatic heterocycles. The summed E-state index contributed by atoms with van der Waals surface area (Å²) in [6.45, 7) is 2.42. The lowest BCUT2D eigenvalue weighted by molar-refractivity contribution is 0.220. The van der Waals surface area contributed by atoms with Crippen LogP contribution in [0, 0.1) is 5.82 Å². The van der Waals surface area contributed by atoms with Crippen LogP contribution < -0.4 is 5.73 Å². The molecule has 3 nitrogen and oxygen atoms in total. The topological polar surface area (TPSA) is 32.5 Å². The van der Waals surface area contributed by atoms with Gasteiger partial charge in [0.2, 0.25) is 0 Å². The van der Waals surface area contributed by atoms with Crippen molar-refractivity contribution in [2.24, 2.45) is 5.73 Å². The Kier molecular flexibility index (Phi) is 4.79. The van der Waals surface area contributed by atoms with Crippen molar-refractivity contribution in [2.75, 3.05) is 33.7 Å². The molecule has 0 spiro atoms. The van der Waals surface area contributed by atoms with Gasteiger partial charge >= 0.3 is 0 Å². The van der Waals surface area contributed by atoms with Gasteiger partial charge in [-0.1, -0.05) is 11.6 Å². The Morgan fingerprint density at radius 3 is 2.74 bits per heavy atom. The summed E-state index contributed by atoms with van der Waals surface area (Å²) in [7, 11) is 4.18. The zero-order chi connectivity index (χ0) is 14.0. The zero-order valence-corrected chi connectivity index (χ0v) is 12.2. The van der Waals surface area contributed by atoms with Crippen LogP contribution in [0.1, 0.15) is 18.0 Å². The van der Waals surface area contributed by atoms with Gasteiger partial charge in [0.15, 0.2) is 0 Å². The first kappa shape index (κ1) is 14.7. The molecule has 5 heteroatoms. The molecule has 2 rings (SSSR count). The summed E-state index contributed by atoms with van der Waals surface area (Å²) < 4.78 is 13.5. The van der Waals surface area contributed by atoms with E-state index in [1.807, 2.05) is 6.07 Å². The Labute approximate surface area is 119 Å². The van der Waals surface area contributed by atoms with E-state index in [1.165, 1.54) is 12.1 Å². The third-order valence-electron chi connectivity index (χ3n) is 3.86. The molecule has 1 aliphatic heterocycles. The lowest BCUT2D eigenvalue weighted by atomic mass is 10.1. The van der Waals surface area contributed by atoms with E-state index in [-0.39, 0.29) is 11.9 Å². The molecule has 0 bridgehead atoms. The van der Waals surface area contributed by atoms with Crippen molar-refractivity contribution in [2.45, 2.75) is 18.5 Å². The van der Waals surface area contributed by atoms with E-state index < -0.39 is 0 Å². The molecule has 0 aliphatic carbocycles. The highest BCUT2D eigenvalue weighted by atomic mass is 35.5. The molecule has 106 valence electrons. The summed E-state index contributed by atoms with van der Waals surface area (Å²) in [5, 5.41) is 0.428. The van der Waals surface area contributed by atoms with Crippen molar-refractivity contribution in [3.8, 4) is 0 Å². The number of nitrogens with two attached hydrogens (primary N) is 1. The summed E-state index contributed by atoms with van der Waals surface area (Å²) in [4.78, 5) is 4.54. The van der Waals surface area contributed by atoms with E-state index in [4.69, 9.17) is 17.3 Å². The van der Waals surface area contributed by atoms with Gasteiger partial charge in [-0.25, -0.2) is 4.39 Å². The number of rotatable bonds is 4. The minimum atomic E-state index is -0.302. The molecular weight excluding hydrogens is 265 g/mol. The van der Waals surface area contributed by atoms with Crippen LogP contribution in [0.15, 0.2) is 18.2 Å². The second kappa shape index (κ2) is 6.18. The van der Waals surface area contributed by atoms with Crippen LogP contribution in [0.3, 0.4) is 0 Å². The highest BCUT2D eigenvalue weighted by molar-refractivity contribution is 6.30. The summed E-state index contributed by atoms with van der Waals surface area (Å²) in [5.74, 6) is -0.302. The highest BCUT2D eigenvalue weighted by Gasteiger charge is 2.29. The highest BCUT2D eigenvalue weighted by Crippen LogP contribution is 2.28. The van der Waals surface area contributed by atoms with E-state index in [2.05, 4.69) is 23.9 Å². The number of halogens is 2. The normalized spacial score (nSPS) is 22.1. The molecule has 2 N–H and O–H groups in total. The van der Waals surface area contributed by atoms with Gasteiger partial charge in [-0.3, -0.25) is 4.90 Å². The van der Waals surface area contributed by atoms with Gasteiger partial charge in [-0.05, 0) is 44.3 Å². The van der Waals surface area contributed by atoms with Crippen LogP contribution in [0.4, 0.5) is 4.39 Å². The van der Waals surface area contributed by atoms with Crippen LogP contribution in [-0.4, -0.2) is 49.6 Å². The smallest absolute Gasteiger partial charge is 0.125 e. The first-order valence-corrected chi connectivity index (χ1v) is 6.95. The number of hydrogen-bond acceptors (Lipinski definition) is 3. The monoisotopic (exact) mass is 285 g/mol. The van der Waals surface area contributed by atoms with Crippen LogP contribution in [0.5, 0.6) is 0 Å². The van der Waals surface area contributed by atoms with E-state index in [1.54, 1.807) is 0 Å². The van der Waals surface area contributed by atoms with Crippen molar-refractivity contribution in [3.63, 3.8) is 0 Å². The second-order valence-corrected chi connectivity index (χ2v) is 5.79. The molecule has 1 fully saturated rings. The molecule has 1 aliphatic rings. The van der Waals surface area contributed by atoms with E-state index in [0.717, 1.165) is 25.1 Å². The summed E-state index contributed by atoms with van der Waals surface area (Å²) in [5.41, 5.74) is 6.75. The van der Waals surface area contributed by atoms with Crippen molar-refractivity contribution in [1.29, 1.82) is 0 Å². The summed E-state index contributed by atoms with van der Waals surface area (Å²) >= 11 is 5.93. The van der Waals surface area contributed by atoms with Gasteiger partial charge in [-0.2, -0.15) is 0 Å². The summed E-state index contributed by atoms with van der Waals surface area (Å²) in [6, 6.07) is 5.25. The first-order chi connectivity index (χ1) is 9.01. The van der Waals surface area contributed by atoms with E-state index >= 15 is 0 Å². The van der Waals surface area contributed by atoms with Crippen LogP contribution >= 0.6 is 11.6 Å². The predicted molar refractivity (Wildman–Crippen MR) is 76.9 cm³/mol. The van der Waals surface area contributed by atoms with Crippen LogP contribution in [0.2, 0.25) is 5.02 Å². The maximum absolute atomic E-state index is 13.5. The Morgan fingerprint density at radius 1 is 1.47 bits per heavy atom. The van der Waals surface area contributed by atoms with Gasteiger partial charge in [0.1, 0.15) is 5.82 Å². The maximum atomic E-state index is 13.5. The maximum Gasteiger partial charge on any atom is 0.125 e. The molecular formula is C14H21ClFN3. The Balaban J connectivity index is 2.16. The molecule has 1 aromatic rings. The molecule has 1 heterocycles. The van der Waals surface area contributed by atoms with Gasteiger partial charge in [0.05, 0.1) is 0 Å². The van der Waals surface area contributed by atoms with Gasteiger partial charge in [-0.15, -0.1) is 0 Å². The molecule has 1 saturated heterocycles. The first-order valence-electron chi connectivity index (χ1n) is 6.57. The van der Waals surface area contributed by atoms with Crippen molar-refractivity contribution in [1.82, 2.24) is 9.80 Å². The molecule has 0 radical (unpaired) electrons. The van der Waals surface area contributed by atoms with Gasteiger partial charge < -0.3 is 10.6 Å². The lowest BCUT2D eigenvalue weighted by Gasteiger charge is -2.28.